The molecule has 0 spiro atoms. The summed E-state index contributed by atoms with van der Waals surface area (Å²) in [6.07, 6.45) is 0.927. The summed E-state index contributed by atoms with van der Waals surface area (Å²) in [6, 6.07) is 7.32. The highest BCUT2D eigenvalue weighted by molar-refractivity contribution is 5.93. The number of hydrogen-bond acceptors (Lipinski definition) is 2. The molecule has 0 bridgehead atoms. The molecular weight excluding hydrogens is 208 g/mol. The monoisotopic (exact) mass is 222 g/mol. The average molecular weight is 222 g/mol. The summed E-state index contributed by atoms with van der Waals surface area (Å²) in [4.78, 5) is 21.4. The number of aliphatic carboxylic acids is 2. The van der Waals surface area contributed by atoms with Crippen LogP contribution in [0, 0.1) is 5.92 Å². The van der Waals surface area contributed by atoms with Crippen LogP contribution < -0.4 is 0 Å². The van der Waals surface area contributed by atoms with Crippen LogP contribution in [-0.4, -0.2) is 22.2 Å². The lowest BCUT2D eigenvalue weighted by atomic mass is 9.98. The van der Waals surface area contributed by atoms with Gasteiger partial charge in [-0.2, -0.15) is 0 Å². The number of carboxylic acid groups (broad SMARTS) is 2. The highest BCUT2D eigenvalue weighted by Gasteiger charge is 2.25. The second-order valence-electron chi connectivity index (χ2n) is 3.60. The lowest BCUT2D eigenvalue weighted by Crippen LogP contribution is -2.25. The molecule has 0 saturated heterocycles. The second kappa shape index (κ2) is 5.30. The van der Waals surface area contributed by atoms with Gasteiger partial charge in [-0.25, -0.2) is 0 Å². The third-order valence-electron chi connectivity index (χ3n) is 2.47. The molecule has 0 radical (unpaired) electrons. The molecule has 1 aromatic carbocycles. The second-order valence-corrected chi connectivity index (χ2v) is 3.60. The molecule has 1 aromatic rings. The third-order valence-corrected chi connectivity index (χ3v) is 2.47. The molecule has 0 atom stereocenters. The van der Waals surface area contributed by atoms with Gasteiger partial charge in [-0.3, -0.25) is 9.59 Å². The number of aryl methyl sites for hydroxylation is 1. The quantitative estimate of drug-likeness (QED) is 0.742. The summed E-state index contributed by atoms with van der Waals surface area (Å²) in [7, 11) is 0. The van der Waals surface area contributed by atoms with Gasteiger partial charge in [-0.1, -0.05) is 31.2 Å². The molecule has 86 valence electrons. The van der Waals surface area contributed by atoms with Crippen LogP contribution >= 0.6 is 0 Å². The van der Waals surface area contributed by atoms with Crippen LogP contribution in [0.1, 0.15) is 18.1 Å². The van der Waals surface area contributed by atoms with Crippen LogP contribution in [0.4, 0.5) is 0 Å². The van der Waals surface area contributed by atoms with Crippen molar-refractivity contribution in [1.82, 2.24) is 0 Å². The van der Waals surface area contributed by atoms with Gasteiger partial charge in [0.2, 0.25) is 0 Å². The summed E-state index contributed by atoms with van der Waals surface area (Å²) in [5, 5.41) is 17.4. The van der Waals surface area contributed by atoms with Crippen LogP contribution in [0.25, 0.3) is 0 Å². The maximum Gasteiger partial charge on any atom is 0.318 e. The fourth-order valence-corrected chi connectivity index (χ4v) is 1.43. The molecule has 0 amide bonds. The van der Waals surface area contributed by atoms with Crippen molar-refractivity contribution in [1.29, 1.82) is 0 Å². The molecule has 1 rings (SSSR count). The minimum Gasteiger partial charge on any atom is -0.481 e. The Labute approximate surface area is 93.5 Å². The number of carbonyl (C=O) groups is 2. The average Bonchev–Trinajstić information content (AvgIpc) is 2.25. The fraction of sp³-hybridized carbons (Fsp3) is 0.333. The standard InChI is InChI=1S/C12H14O4/c1-2-8-3-5-9(6-4-8)7-10(11(13)14)12(15)16/h3-6,10H,2,7H2,1H3,(H,13,14)(H,15,16). The predicted octanol–water partition coefficient (Wildman–Crippen LogP) is 1.58. The molecule has 4 nitrogen and oxygen atoms in total. The van der Waals surface area contributed by atoms with E-state index in [4.69, 9.17) is 10.2 Å². The number of rotatable bonds is 5. The van der Waals surface area contributed by atoms with Gasteiger partial charge in [-0.15, -0.1) is 0 Å². The van der Waals surface area contributed by atoms with Crippen molar-refractivity contribution in [2.45, 2.75) is 19.8 Å². The zero-order chi connectivity index (χ0) is 12.1. The summed E-state index contributed by atoms with van der Waals surface area (Å²) in [5.41, 5.74) is 1.87. The Morgan fingerprint density at radius 3 is 1.88 bits per heavy atom. The van der Waals surface area contributed by atoms with E-state index in [1.165, 1.54) is 0 Å². The zero-order valence-electron chi connectivity index (χ0n) is 9.01. The normalized spacial score (nSPS) is 10.4. The minimum atomic E-state index is -1.37. The Bertz CT molecular complexity index is 367. The smallest absolute Gasteiger partial charge is 0.318 e. The van der Waals surface area contributed by atoms with Crippen LogP contribution in [0.2, 0.25) is 0 Å². The van der Waals surface area contributed by atoms with Gasteiger partial charge in [0.1, 0.15) is 0 Å². The maximum absolute atomic E-state index is 10.7. The largest absolute Gasteiger partial charge is 0.481 e. The first-order valence-electron chi connectivity index (χ1n) is 5.08. The van der Waals surface area contributed by atoms with Crippen molar-refractivity contribution in [3.63, 3.8) is 0 Å². The van der Waals surface area contributed by atoms with Gasteiger partial charge in [-0.05, 0) is 24.0 Å². The van der Waals surface area contributed by atoms with Crippen molar-refractivity contribution in [2.24, 2.45) is 5.92 Å². The Morgan fingerprint density at radius 2 is 1.50 bits per heavy atom. The van der Waals surface area contributed by atoms with Gasteiger partial charge in [0.05, 0.1) is 0 Å². The molecule has 0 saturated carbocycles. The van der Waals surface area contributed by atoms with Crippen LogP contribution in [0.15, 0.2) is 24.3 Å². The zero-order valence-corrected chi connectivity index (χ0v) is 9.01. The number of benzene rings is 1. The molecule has 0 aliphatic rings. The topological polar surface area (TPSA) is 74.6 Å². The first kappa shape index (κ1) is 12.2. The van der Waals surface area contributed by atoms with Gasteiger partial charge in [0.25, 0.3) is 0 Å². The maximum atomic E-state index is 10.7. The molecule has 0 aliphatic heterocycles. The molecule has 0 heterocycles. The predicted molar refractivity (Wildman–Crippen MR) is 58.3 cm³/mol. The lowest BCUT2D eigenvalue weighted by molar-refractivity contribution is -0.154. The summed E-state index contributed by atoms with van der Waals surface area (Å²) >= 11 is 0. The first-order chi connectivity index (χ1) is 7.54. The van der Waals surface area contributed by atoms with Gasteiger partial charge in [0.15, 0.2) is 5.92 Å². The molecule has 0 aromatic heterocycles. The van der Waals surface area contributed by atoms with E-state index in [1.807, 2.05) is 19.1 Å². The summed E-state index contributed by atoms with van der Waals surface area (Å²) in [5.74, 6) is -3.97. The Hall–Kier alpha value is -1.84. The first-order valence-corrected chi connectivity index (χ1v) is 5.08. The molecule has 4 heteroatoms. The summed E-state index contributed by atoms with van der Waals surface area (Å²) in [6.45, 7) is 2.02. The Morgan fingerprint density at radius 1 is 1.06 bits per heavy atom. The fourth-order valence-electron chi connectivity index (χ4n) is 1.43. The molecule has 2 N–H and O–H groups in total. The molecule has 16 heavy (non-hydrogen) atoms. The summed E-state index contributed by atoms with van der Waals surface area (Å²) < 4.78 is 0. The number of carboxylic acids is 2. The van der Waals surface area contributed by atoms with E-state index in [-0.39, 0.29) is 6.42 Å². The van der Waals surface area contributed by atoms with Gasteiger partial charge in [0, 0.05) is 0 Å². The molecule has 0 fully saturated rings. The number of hydrogen-bond donors (Lipinski definition) is 2. The van der Waals surface area contributed by atoms with E-state index in [2.05, 4.69) is 0 Å². The van der Waals surface area contributed by atoms with E-state index in [9.17, 15) is 9.59 Å². The minimum absolute atomic E-state index is 0.0225. The Balaban J connectivity index is 2.77. The van der Waals surface area contributed by atoms with E-state index >= 15 is 0 Å². The molecule has 0 unspecified atom stereocenters. The van der Waals surface area contributed by atoms with Crippen molar-refractivity contribution >= 4 is 11.9 Å². The molecular formula is C12H14O4. The lowest BCUT2D eigenvalue weighted by Gasteiger charge is -2.07. The Kier molecular flexibility index (Phi) is 4.05. The van der Waals surface area contributed by atoms with Crippen molar-refractivity contribution in [3.8, 4) is 0 Å². The van der Waals surface area contributed by atoms with Crippen LogP contribution in [0.3, 0.4) is 0 Å². The van der Waals surface area contributed by atoms with E-state index < -0.39 is 17.9 Å². The highest BCUT2D eigenvalue weighted by atomic mass is 16.4. The third kappa shape index (κ3) is 3.08. The van der Waals surface area contributed by atoms with E-state index in [0.717, 1.165) is 17.5 Å². The van der Waals surface area contributed by atoms with Crippen LogP contribution in [0.5, 0.6) is 0 Å². The molecule has 0 aliphatic carbocycles. The van der Waals surface area contributed by atoms with E-state index in [1.54, 1.807) is 12.1 Å². The SMILES string of the molecule is CCc1ccc(CC(C(=O)O)C(=O)O)cc1. The van der Waals surface area contributed by atoms with Crippen molar-refractivity contribution in [3.05, 3.63) is 35.4 Å². The highest BCUT2D eigenvalue weighted by Crippen LogP contribution is 2.11. The van der Waals surface area contributed by atoms with Gasteiger partial charge < -0.3 is 10.2 Å². The van der Waals surface area contributed by atoms with E-state index in [0.29, 0.717) is 0 Å². The van der Waals surface area contributed by atoms with Crippen LogP contribution in [-0.2, 0) is 22.4 Å². The van der Waals surface area contributed by atoms with Crippen molar-refractivity contribution in [2.75, 3.05) is 0 Å². The van der Waals surface area contributed by atoms with Crippen molar-refractivity contribution < 1.29 is 19.8 Å². The van der Waals surface area contributed by atoms with Gasteiger partial charge >= 0.3 is 11.9 Å².